The minimum Gasteiger partial charge on any atom is -0.300 e. The normalized spacial score (nSPS) is 38.1. The number of fused-ring (bicyclic) bond motifs is 1. The smallest absolute Gasteiger partial charge is 0.133 e. The molecule has 2 rings (SSSR count). The number of hydrogen-bond acceptors (Lipinski definition) is 1. The molecule has 0 aliphatic heterocycles. The van der Waals surface area contributed by atoms with Crippen molar-refractivity contribution >= 4 is 5.78 Å². The van der Waals surface area contributed by atoms with Gasteiger partial charge in [0.15, 0.2) is 0 Å². The van der Waals surface area contributed by atoms with Gasteiger partial charge in [-0.3, -0.25) is 4.79 Å². The van der Waals surface area contributed by atoms with Crippen molar-refractivity contribution in [3.05, 3.63) is 0 Å². The van der Waals surface area contributed by atoms with Gasteiger partial charge in [-0.1, -0.05) is 26.2 Å². The summed E-state index contributed by atoms with van der Waals surface area (Å²) >= 11 is 0. The molecule has 0 saturated heterocycles. The summed E-state index contributed by atoms with van der Waals surface area (Å²) in [5.41, 5.74) is 0. The van der Waals surface area contributed by atoms with Crippen LogP contribution in [0.15, 0.2) is 0 Å². The van der Waals surface area contributed by atoms with Gasteiger partial charge in [-0.25, -0.2) is 0 Å². The Morgan fingerprint density at radius 3 is 2.86 bits per heavy atom. The lowest BCUT2D eigenvalue weighted by atomic mass is 9.66. The number of carbonyl (C=O) groups excluding carboxylic acids is 1. The molecule has 0 heterocycles. The third-order valence-corrected chi connectivity index (χ3v) is 4.23. The van der Waals surface area contributed by atoms with E-state index < -0.39 is 0 Å². The van der Waals surface area contributed by atoms with E-state index in [1.807, 2.05) is 0 Å². The Morgan fingerprint density at radius 1 is 1.21 bits per heavy atom. The van der Waals surface area contributed by atoms with Crippen molar-refractivity contribution in [1.82, 2.24) is 0 Å². The molecule has 0 spiro atoms. The third kappa shape index (κ3) is 2.18. The van der Waals surface area contributed by atoms with E-state index in [1.165, 1.54) is 38.5 Å². The summed E-state index contributed by atoms with van der Waals surface area (Å²) in [6.07, 6.45) is 9.88. The zero-order valence-electron chi connectivity index (χ0n) is 9.30. The molecule has 2 saturated carbocycles. The summed E-state index contributed by atoms with van der Waals surface area (Å²) in [5.74, 6) is 3.18. The van der Waals surface area contributed by atoms with Crippen molar-refractivity contribution in [2.45, 2.75) is 58.3 Å². The summed E-state index contributed by atoms with van der Waals surface area (Å²) < 4.78 is 0. The third-order valence-electron chi connectivity index (χ3n) is 4.23. The maximum absolute atomic E-state index is 11.3. The maximum atomic E-state index is 11.3. The molecular weight excluding hydrogens is 172 g/mol. The number of Topliss-reactive ketones (excluding diaryl/α,β-unsaturated/α-hetero) is 1. The van der Waals surface area contributed by atoms with Gasteiger partial charge in [-0.2, -0.15) is 0 Å². The van der Waals surface area contributed by atoms with Gasteiger partial charge in [0.1, 0.15) is 5.78 Å². The summed E-state index contributed by atoms with van der Waals surface area (Å²) in [7, 11) is 0. The molecule has 2 unspecified atom stereocenters. The van der Waals surface area contributed by atoms with Crippen LogP contribution in [0.4, 0.5) is 0 Å². The molecule has 0 N–H and O–H groups in total. The van der Waals surface area contributed by atoms with Crippen LogP contribution in [0.2, 0.25) is 0 Å². The Bertz CT molecular complexity index is 209. The van der Waals surface area contributed by atoms with Gasteiger partial charge in [0.25, 0.3) is 0 Å². The van der Waals surface area contributed by atoms with Crippen LogP contribution in [-0.4, -0.2) is 5.78 Å². The molecule has 3 atom stereocenters. The van der Waals surface area contributed by atoms with Gasteiger partial charge in [0, 0.05) is 12.8 Å². The first-order valence-corrected chi connectivity index (χ1v) is 6.31. The van der Waals surface area contributed by atoms with Crippen LogP contribution in [-0.2, 0) is 4.79 Å². The Labute approximate surface area is 87.3 Å². The van der Waals surface area contributed by atoms with E-state index in [-0.39, 0.29) is 0 Å². The zero-order chi connectivity index (χ0) is 9.97. The maximum Gasteiger partial charge on any atom is 0.133 e. The molecule has 0 radical (unpaired) electrons. The molecule has 2 aliphatic carbocycles. The molecular formula is C13H22O. The SMILES string of the molecule is CCC[C@H]1CCC2CC(=O)CCC2C1. The fourth-order valence-corrected chi connectivity index (χ4v) is 3.46. The minimum absolute atomic E-state index is 0.528. The molecule has 0 bridgehead atoms. The Morgan fingerprint density at radius 2 is 2.07 bits per heavy atom. The lowest BCUT2D eigenvalue weighted by Crippen LogP contribution is -2.31. The van der Waals surface area contributed by atoms with E-state index in [1.54, 1.807) is 0 Å². The van der Waals surface area contributed by atoms with E-state index in [0.717, 1.165) is 30.6 Å². The topological polar surface area (TPSA) is 17.1 Å². The molecule has 0 amide bonds. The number of hydrogen-bond donors (Lipinski definition) is 0. The molecule has 0 aromatic heterocycles. The highest BCUT2D eigenvalue weighted by atomic mass is 16.1. The molecule has 2 aliphatic rings. The standard InChI is InChI=1S/C13H22O/c1-2-3-10-4-5-12-9-13(14)7-6-11(12)8-10/h10-12H,2-9H2,1H3/t10-,11?,12?/m0/s1. The highest BCUT2D eigenvalue weighted by Gasteiger charge is 2.34. The number of rotatable bonds is 2. The predicted octanol–water partition coefficient (Wildman–Crippen LogP) is 3.57. The van der Waals surface area contributed by atoms with Crippen LogP contribution >= 0.6 is 0 Å². The minimum atomic E-state index is 0.528. The summed E-state index contributed by atoms with van der Waals surface area (Å²) in [4.78, 5) is 11.3. The first-order chi connectivity index (χ1) is 6.79. The fraction of sp³-hybridized carbons (Fsp3) is 0.923. The first kappa shape index (κ1) is 10.2. The molecule has 0 aromatic carbocycles. The van der Waals surface area contributed by atoms with Crippen LogP contribution in [0.1, 0.15) is 58.3 Å². The largest absolute Gasteiger partial charge is 0.300 e. The Balaban J connectivity index is 1.88. The molecule has 14 heavy (non-hydrogen) atoms. The quantitative estimate of drug-likeness (QED) is 0.656. The van der Waals surface area contributed by atoms with Gasteiger partial charge < -0.3 is 0 Å². The van der Waals surface area contributed by atoms with Crippen LogP contribution in [0, 0.1) is 17.8 Å². The van der Waals surface area contributed by atoms with Crippen molar-refractivity contribution in [1.29, 1.82) is 0 Å². The second kappa shape index (κ2) is 4.46. The van der Waals surface area contributed by atoms with Crippen LogP contribution < -0.4 is 0 Å². The Kier molecular flexibility index (Phi) is 3.25. The second-order valence-corrected chi connectivity index (χ2v) is 5.27. The van der Waals surface area contributed by atoms with Gasteiger partial charge in [0.05, 0.1) is 0 Å². The molecule has 2 fully saturated rings. The van der Waals surface area contributed by atoms with E-state index in [2.05, 4.69) is 6.92 Å². The average Bonchev–Trinajstić information content (AvgIpc) is 2.19. The highest BCUT2D eigenvalue weighted by Crippen LogP contribution is 2.42. The van der Waals surface area contributed by atoms with E-state index in [4.69, 9.17) is 0 Å². The number of ketones is 1. The molecule has 1 heteroatoms. The Hall–Kier alpha value is -0.330. The van der Waals surface area contributed by atoms with Gasteiger partial charge in [-0.15, -0.1) is 0 Å². The summed E-state index contributed by atoms with van der Waals surface area (Å²) in [6, 6.07) is 0. The molecule has 1 nitrogen and oxygen atoms in total. The van der Waals surface area contributed by atoms with E-state index in [9.17, 15) is 4.79 Å². The van der Waals surface area contributed by atoms with Gasteiger partial charge >= 0.3 is 0 Å². The predicted molar refractivity (Wildman–Crippen MR) is 58.1 cm³/mol. The zero-order valence-corrected chi connectivity index (χ0v) is 9.30. The summed E-state index contributed by atoms with van der Waals surface area (Å²) in [6.45, 7) is 2.29. The number of carbonyl (C=O) groups is 1. The molecule has 80 valence electrons. The second-order valence-electron chi connectivity index (χ2n) is 5.27. The summed E-state index contributed by atoms with van der Waals surface area (Å²) in [5, 5.41) is 0. The average molecular weight is 194 g/mol. The van der Waals surface area contributed by atoms with Gasteiger partial charge in [0.2, 0.25) is 0 Å². The lowest BCUT2D eigenvalue weighted by Gasteiger charge is -2.38. The first-order valence-electron chi connectivity index (χ1n) is 6.31. The van der Waals surface area contributed by atoms with Crippen LogP contribution in [0.25, 0.3) is 0 Å². The van der Waals surface area contributed by atoms with Crippen molar-refractivity contribution < 1.29 is 4.79 Å². The lowest BCUT2D eigenvalue weighted by molar-refractivity contribution is -0.123. The highest BCUT2D eigenvalue weighted by molar-refractivity contribution is 5.79. The van der Waals surface area contributed by atoms with Gasteiger partial charge in [-0.05, 0) is 37.0 Å². The van der Waals surface area contributed by atoms with E-state index >= 15 is 0 Å². The van der Waals surface area contributed by atoms with Crippen molar-refractivity contribution in [2.75, 3.05) is 0 Å². The van der Waals surface area contributed by atoms with Crippen LogP contribution in [0.3, 0.4) is 0 Å². The van der Waals surface area contributed by atoms with Crippen molar-refractivity contribution in [2.24, 2.45) is 17.8 Å². The fourth-order valence-electron chi connectivity index (χ4n) is 3.46. The van der Waals surface area contributed by atoms with Crippen molar-refractivity contribution in [3.8, 4) is 0 Å². The molecule has 0 aromatic rings. The van der Waals surface area contributed by atoms with Crippen LogP contribution in [0.5, 0.6) is 0 Å². The monoisotopic (exact) mass is 194 g/mol. The van der Waals surface area contributed by atoms with Crippen molar-refractivity contribution in [3.63, 3.8) is 0 Å². The van der Waals surface area contributed by atoms with E-state index in [0.29, 0.717) is 5.78 Å².